The molecule has 1 aliphatic rings. The molecule has 1 aliphatic heterocycles. The van der Waals surface area contributed by atoms with E-state index in [1.54, 1.807) is 0 Å². The van der Waals surface area contributed by atoms with Crippen molar-refractivity contribution in [1.29, 1.82) is 0 Å². The van der Waals surface area contributed by atoms with Gasteiger partial charge in [0.05, 0.1) is 17.1 Å². The van der Waals surface area contributed by atoms with Gasteiger partial charge < -0.3 is 15.2 Å². The van der Waals surface area contributed by atoms with E-state index in [4.69, 9.17) is 0 Å². The van der Waals surface area contributed by atoms with Crippen molar-refractivity contribution >= 4 is 16.8 Å². The molecule has 0 bridgehead atoms. The molecular formula is C14H17N3O. The summed E-state index contributed by atoms with van der Waals surface area (Å²) < 4.78 is 0. The quantitative estimate of drug-likeness (QED) is 0.860. The lowest BCUT2D eigenvalue weighted by molar-refractivity contribution is 0.0632. The summed E-state index contributed by atoms with van der Waals surface area (Å²) in [6.45, 7) is 4.59. The average molecular weight is 243 g/mol. The van der Waals surface area contributed by atoms with Crippen LogP contribution >= 0.6 is 0 Å². The number of rotatable bonds is 3. The molecule has 4 heteroatoms. The molecule has 1 aromatic carbocycles. The molecule has 1 fully saturated rings. The Morgan fingerprint density at radius 1 is 1.39 bits per heavy atom. The van der Waals surface area contributed by atoms with E-state index in [-0.39, 0.29) is 5.91 Å². The molecule has 0 unspecified atom stereocenters. The maximum Gasteiger partial charge on any atom is 0.256 e. The predicted molar refractivity (Wildman–Crippen MR) is 71.7 cm³/mol. The molecule has 18 heavy (non-hydrogen) atoms. The molecule has 3 rings (SSSR count). The zero-order chi connectivity index (χ0) is 12.5. The van der Waals surface area contributed by atoms with Crippen molar-refractivity contribution in [2.75, 3.05) is 19.6 Å². The van der Waals surface area contributed by atoms with Gasteiger partial charge in [-0.05, 0) is 19.1 Å². The van der Waals surface area contributed by atoms with Crippen LogP contribution in [0.1, 0.15) is 17.3 Å². The standard InChI is InChI=1S/C14H17N3O/c1-2-17(11-8-15-9-11)14(18)12-5-3-4-10-6-7-16-13(10)12/h3-7,11,15-16H,2,8-9H2,1H3. The van der Waals surface area contributed by atoms with Gasteiger partial charge in [0.2, 0.25) is 0 Å². The first-order chi connectivity index (χ1) is 8.81. The molecule has 0 radical (unpaired) electrons. The fraction of sp³-hybridized carbons (Fsp3) is 0.357. The number of carbonyl (C=O) groups excluding carboxylic acids is 1. The lowest BCUT2D eigenvalue weighted by atomic mass is 10.1. The number of amides is 1. The van der Waals surface area contributed by atoms with Crippen LogP contribution < -0.4 is 5.32 Å². The van der Waals surface area contributed by atoms with Crippen LogP contribution in [0.2, 0.25) is 0 Å². The average Bonchev–Trinajstić information content (AvgIpc) is 2.80. The van der Waals surface area contributed by atoms with Gasteiger partial charge in [0, 0.05) is 31.2 Å². The third kappa shape index (κ3) is 1.69. The van der Waals surface area contributed by atoms with Crippen molar-refractivity contribution < 1.29 is 4.79 Å². The second-order valence-electron chi connectivity index (χ2n) is 4.65. The molecule has 1 saturated heterocycles. The topological polar surface area (TPSA) is 48.1 Å². The summed E-state index contributed by atoms with van der Waals surface area (Å²) in [7, 11) is 0. The zero-order valence-electron chi connectivity index (χ0n) is 10.4. The maximum absolute atomic E-state index is 12.6. The number of nitrogens with zero attached hydrogens (tertiary/aromatic N) is 1. The van der Waals surface area contributed by atoms with Gasteiger partial charge >= 0.3 is 0 Å². The highest BCUT2D eigenvalue weighted by molar-refractivity contribution is 6.05. The minimum Gasteiger partial charge on any atom is -0.361 e. The third-order valence-corrected chi connectivity index (χ3v) is 3.62. The number of hydrogen-bond donors (Lipinski definition) is 2. The number of carbonyl (C=O) groups is 1. The second-order valence-corrected chi connectivity index (χ2v) is 4.65. The Bertz CT molecular complexity index is 571. The highest BCUT2D eigenvalue weighted by Gasteiger charge is 2.28. The summed E-state index contributed by atoms with van der Waals surface area (Å²) in [4.78, 5) is 17.7. The van der Waals surface area contributed by atoms with Crippen molar-refractivity contribution in [3.63, 3.8) is 0 Å². The molecule has 0 aliphatic carbocycles. The molecule has 2 aromatic rings. The zero-order valence-corrected chi connectivity index (χ0v) is 10.4. The monoisotopic (exact) mass is 243 g/mol. The van der Waals surface area contributed by atoms with Crippen molar-refractivity contribution in [3.05, 3.63) is 36.0 Å². The SMILES string of the molecule is CCN(C(=O)c1cccc2cc[nH]c12)C1CNC1. The summed E-state index contributed by atoms with van der Waals surface area (Å²) in [6, 6.07) is 8.19. The largest absolute Gasteiger partial charge is 0.361 e. The van der Waals surface area contributed by atoms with Gasteiger partial charge in [0.1, 0.15) is 0 Å². The number of nitrogens with one attached hydrogen (secondary N) is 2. The first-order valence-corrected chi connectivity index (χ1v) is 6.39. The summed E-state index contributed by atoms with van der Waals surface area (Å²) >= 11 is 0. The normalized spacial score (nSPS) is 15.6. The van der Waals surface area contributed by atoms with Crippen LogP contribution in [0.3, 0.4) is 0 Å². The highest BCUT2D eigenvalue weighted by atomic mass is 16.2. The van der Waals surface area contributed by atoms with Gasteiger partial charge in [-0.1, -0.05) is 12.1 Å². The summed E-state index contributed by atoms with van der Waals surface area (Å²) in [6.07, 6.45) is 1.88. The molecule has 1 amide bonds. The Hall–Kier alpha value is -1.81. The Kier molecular flexibility index (Phi) is 2.80. The van der Waals surface area contributed by atoms with E-state index < -0.39 is 0 Å². The van der Waals surface area contributed by atoms with Crippen LogP contribution in [0.15, 0.2) is 30.5 Å². The summed E-state index contributed by atoms with van der Waals surface area (Å²) in [5.74, 6) is 0.122. The van der Waals surface area contributed by atoms with Crippen molar-refractivity contribution in [1.82, 2.24) is 15.2 Å². The Balaban J connectivity index is 1.97. The van der Waals surface area contributed by atoms with E-state index in [0.29, 0.717) is 6.04 Å². The van der Waals surface area contributed by atoms with Gasteiger partial charge in [-0.15, -0.1) is 0 Å². The first kappa shape index (κ1) is 11.3. The van der Waals surface area contributed by atoms with Crippen molar-refractivity contribution in [2.24, 2.45) is 0 Å². The third-order valence-electron chi connectivity index (χ3n) is 3.62. The van der Waals surface area contributed by atoms with Crippen LogP contribution in [0, 0.1) is 0 Å². The van der Waals surface area contributed by atoms with Crippen LogP contribution in [0.5, 0.6) is 0 Å². The number of fused-ring (bicyclic) bond motifs is 1. The molecule has 2 heterocycles. The molecular weight excluding hydrogens is 226 g/mol. The maximum atomic E-state index is 12.6. The molecule has 0 atom stereocenters. The van der Waals surface area contributed by atoms with Gasteiger partial charge in [-0.3, -0.25) is 4.79 Å². The first-order valence-electron chi connectivity index (χ1n) is 6.39. The van der Waals surface area contributed by atoms with Gasteiger partial charge in [-0.25, -0.2) is 0 Å². The summed E-state index contributed by atoms with van der Waals surface area (Å²) in [5, 5.41) is 4.30. The van der Waals surface area contributed by atoms with Crippen molar-refractivity contribution in [3.8, 4) is 0 Å². The molecule has 0 saturated carbocycles. The van der Waals surface area contributed by atoms with Crippen LogP contribution in [0.25, 0.3) is 10.9 Å². The molecule has 94 valence electrons. The highest BCUT2D eigenvalue weighted by Crippen LogP contribution is 2.20. The minimum atomic E-state index is 0.122. The smallest absolute Gasteiger partial charge is 0.256 e. The number of likely N-dealkylation sites (N-methyl/N-ethyl adjacent to an activating group) is 1. The lowest BCUT2D eigenvalue weighted by Gasteiger charge is -2.37. The molecule has 2 N–H and O–H groups in total. The van der Waals surface area contributed by atoms with E-state index in [9.17, 15) is 4.79 Å². The van der Waals surface area contributed by atoms with E-state index >= 15 is 0 Å². The number of benzene rings is 1. The molecule has 4 nitrogen and oxygen atoms in total. The predicted octanol–water partition coefficient (Wildman–Crippen LogP) is 1.60. The second kappa shape index (κ2) is 4.46. The number of para-hydroxylation sites is 1. The van der Waals surface area contributed by atoms with E-state index in [2.05, 4.69) is 10.3 Å². The number of hydrogen-bond acceptors (Lipinski definition) is 2. The van der Waals surface area contributed by atoms with E-state index in [1.165, 1.54) is 0 Å². The van der Waals surface area contributed by atoms with E-state index in [1.807, 2.05) is 42.3 Å². The summed E-state index contributed by atoms with van der Waals surface area (Å²) in [5.41, 5.74) is 1.71. The Morgan fingerprint density at radius 3 is 2.89 bits per heavy atom. The van der Waals surface area contributed by atoms with Gasteiger partial charge in [0.15, 0.2) is 0 Å². The number of H-pyrrole nitrogens is 1. The fourth-order valence-electron chi connectivity index (χ4n) is 2.48. The Labute approximate surface area is 106 Å². The van der Waals surface area contributed by atoms with Gasteiger partial charge in [-0.2, -0.15) is 0 Å². The number of aromatic nitrogens is 1. The van der Waals surface area contributed by atoms with Crippen LogP contribution in [0.4, 0.5) is 0 Å². The van der Waals surface area contributed by atoms with Crippen LogP contribution in [-0.4, -0.2) is 41.5 Å². The Morgan fingerprint density at radius 2 is 2.22 bits per heavy atom. The molecule has 1 aromatic heterocycles. The van der Waals surface area contributed by atoms with Crippen LogP contribution in [-0.2, 0) is 0 Å². The fourth-order valence-corrected chi connectivity index (χ4v) is 2.48. The minimum absolute atomic E-state index is 0.122. The van der Waals surface area contributed by atoms with Crippen molar-refractivity contribution in [2.45, 2.75) is 13.0 Å². The number of aromatic amines is 1. The van der Waals surface area contributed by atoms with E-state index in [0.717, 1.165) is 36.1 Å². The molecule has 0 spiro atoms. The van der Waals surface area contributed by atoms with Gasteiger partial charge in [0.25, 0.3) is 5.91 Å². The lowest BCUT2D eigenvalue weighted by Crippen LogP contribution is -2.58.